The maximum atomic E-state index is 13.5. The van der Waals surface area contributed by atoms with E-state index in [9.17, 15) is 9.18 Å². The fourth-order valence-corrected chi connectivity index (χ4v) is 2.76. The second kappa shape index (κ2) is 5.72. The third-order valence-electron chi connectivity index (χ3n) is 4.04. The summed E-state index contributed by atoms with van der Waals surface area (Å²) in [5, 5.41) is 6.73. The largest absolute Gasteiger partial charge is 0.344 e. The Labute approximate surface area is 133 Å². The Morgan fingerprint density at radius 2 is 2.26 bits per heavy atom. The second-order valence-electron chi connectivity index (χ2n) is 6.39. The summed E-state index contributed by atoms with van der Waals surface area (Å²) in [6.07, 6.45) is 2.20. The number of halogens is 1. The zero-order chi connectivity index (χ0) is 16.6. The van der Waals surface area contributed by atoms with Gasteiger partial charge in [0.05, 0.1) is 0 Å². The number of alkyl halides is 1. The smallest absolute Gasteiger partial charge is 0.249 e. The van der Waals surface area contributed by atoms with Crippen molar-refractivity contribution in [3.63, 3.8) is 0 Å². The lowest BCUT2D eigenvalue weighted by Crippen LogP contribution is -2.46. The van der Waals surface area contributed by atoms with Crippen LogP contribution < -0.4 is 5.32 Å². The van der Waals surface area contributed by atoms with E-state index in [0.717, 1.165) is 11.3 Å². The number of carbonyl (C=O) groups excluding carboxylic acids is 1. The van der Waals surface area contributed by atoms with Crippen LogP contribution >= 0.6 is 0 Å². The van der Waals surface area contributed by atoms with Gasteiger partial charge in [-0.1, -0.05) is 5.16 Å². The van der Waals surface area contributed by atoms with Crippen molar-refractivity contribution in [1.29, 1.82) is 0 Å². The number of aromatic nitrogens is 3. The molecule has 0 saturated heterocycles. The minimum absolute atomic E-state index is 0.174. The van der Waals surface area contributed by atoms with Gasteiger partial charge in [0.25, 0.3) is 0 Å². The average molecular weight is 318 g/mol. The summed E-state index contributed by atoms with van der Waals surface area (Å²) in [5.41, 5.74) is 0.440. The number of hydrogen-bond donors (Lipinski definition) is 1. The number of rotatable bonds is 4. The molecule has 0 aliphatic heterocycles. The normalized spacial score (nSPS) is 24.8. The number of nitrogens with zero attached hydrogens (tertiary/aromatic N) is 3. The quantitative estimate of drug-likeness (QED) is 0.937. The van der Waals surface area contributed by atoms with E-state index in [0.29, 0.717) is 11.7 Å². The first-order valence-electron chi connectivity index (χ1n) is 7.60. The van der Waals surface area contributed by atoms with Gasteiger partial charge in [0, 0.05) is 23.4 Å². The summed E-state index contributed by atoms with van der Waals surface area (Å²) in [6.45, 7) is 5.16. The van der Waals surface area contributed by atoms with Gasteiger partial charge in [0.15, 0.2) is 0 Å². The van der Waals surface area contributed by atoms with Crippen LogP contribution in [0, 0.1) is 12.8 Å². The van der Waals surface area contributed by atoms with Gasteiger partial charge in [-0.05, 0) is 45.7 Å². The Bertz CT molecular complexity index is 720. The van der Waals surface area contributed by atoms with E-state index in [1.807, 2.05) is 13.0 Å². The fraction of sp³-hybridized carbons (Fsp3) is 0.500. The van der Waals surface area contributed by atoms with Crippen LogP contribution in [-0.4, -0.2) is 26.7 Å². The van der Waals surface area contributed by atoms with E-state index >= 15 is 0 Å². The second-order valence-corrected chi connectivity index (χ2v) is 6.39. The van der Waals surface area contributed by atoms with Gasteiger partial charge in [-0.15, -0.1) is 0 Å². The Morgan fingerprint density at radius 3 is 2.91 bits per heavy atom. The maximum Gasteiger partial charge on any atom is 0.249 e. The molecule has 122 valence electrons. The summed E-state index contributed by atoms with van der Waals surface area (Å²) < 4.78 is 18.7. The van der Waals surface area contributed by atoms with Crippen molar-refractivity contribution >= 4 is 5.91 Å². The molecule has 6 nitrogen and oxygen atoms in total. The molecule has 1 N–H and O–H groups in total. The fourth-order valence-electron chi connectivity index (χ4n) is 2.76. The summed E-state index contributed by atoms with van der Waals surface area (Å²) in [4.78, 5) is 20.5. The van der Waals surface area contributed by atoms with Crippen LogP contribution in [0.25, 0.3) is 11.4 Å². The molecule has 0 unspecified atom stereocenters. The van der Waals surface area contributed by atoms with E-state index in [1.54, 1.807) is 19.2 Å². The van der Waals surface area contributed by atoms with Crippen molar-refractivity contribution in [2.24, 2.45) is 5.92 Å². The molecule has 3 rings (SSSR count). The van der Waals surface area contributed by atoms with Crippen LogP contribution in [-0.2, 0) is 4.79 Å². The number of hydrogen-bond acceptors (Lipinski definition) is 5. The van der Waals surface area contributed by atoms with Gasteiger partial charge in [-0.25, -0.2) is 4.39 Å². The van der Waals surface area contributed by atoms with Crippen LogP contribution in [0.3, 0.4) is 0 Å². The Hall–Kier alpha value is -2.31. The van der Waals surface area contributed by atoms with Gasteiger partial charge in [-0.3, -0.25) is 9.78 Å². The van der Waals surface area contributed by atoms with Gasteiger partial charge < -0.3 is 9.84 Å². The third-order valence-corrected chi connectivity index (χ3v) is 4.04. The number of aryl methyl sites for hydroxylation is 1. The highest BCUT2D eigenvalue weighted by atomic mass is 19.1. The monoisotopic (exact) mass is 318 g/mol. The van der Waals surface area contributed by atoms with Crippen molar-refractivity contribution in [1.82, 2.24) is 20.4 Å². The molecule has 2 heterocycles. The van der Waals surface area contributed by atoms with E-state index in [1.165, 1.54) is 6.92 Å². The van der Waals surface area contributed by atoms with E-state index in [2.05, 4.69) is 20.4 Å². The van der Waals surface area contributed by atoms with Gasteiger partial charge in [0.2, 0.25) is 17.6 Å². The van der Waals surface area contributed by atoms with Crippen molar-refractivity contribution in [2.75, 3.05) is 0 Å². The zero-order valence-corrected chi connectivity index (χ0v) is 13.3. The summed E-state index contributed by atoms with van der Waals surface area (Å²) >= 11 is 0. The van der Waals surface area contributed by atoms with Crippen molar-refractivity contribution in [2.45, 2.75) is 45.3 Å². The molecule has 1 fully saturated rings. The van der Waals surface area contributed by atoms with Crippen LogP contribution in [0.4, 0.5) is 4.39 Å². The van der Waals surface area contributed by atoms with Crippen LogP contribution in [0.5, 0.6) is 0 Å². The lowest BCUT2D eigenvalue weighted by molar-refractivity contribution is -0.134. The van der Waals surface area contributed by atoms with Crippen molar-refractivity contribution in [3.05, 3.63) is 29.9 Å². The van der Waals surface area contributed by atoms with Crippen molar-refractivity contribution in [3.8, 4) is 11.4 Å². The predicted octanol–water partition coefficient (Wildman–Crippen LogP) is 2.76. The van der Waals surface area contributed by atoms with E-state index < -0.39 is 11.7 Å². The molecule has 1 aliphatic rings. The SMILES string of the molecule is Cc1cc(-c2noc([C@H](C)NC(=O)C3CC(C)(F)C3)n2)ccn1. The topological polar surface area (TPSA) is 80.9 Å². The highest BCUT2D eigenvalue weighted by molar-refractivity contribution is 5.80. The average Bonchev–Trinajstić information content (AvgIpc) is 2.94. The zero-order valence-electron chi connectivity index (χ0n) is 13.3. The molecule has 1 amide bonds. The molecule has 1 aliphatic carbocycles. The van der Waals surface area contributed by atoms with E-state index in [-0.39, 0.29) is 24.7 Å². The van der Waals surface area contributed by atoms with Crippen LogP contribution in [0.15, 0.2) is 22.9 Å². The number of amides is 1. The molecule has 2 aromatic heterocycles. The molecule has 7 heteroatoms. The number of pyridine rings is 1. The third kappa shape index (κ3) is 3.38. The number of carbonyl (C=O) groups is 1. The maximum absolute atomic E-state index is 13.5. The molecule has 1 atom stereocenters. The van der Waals surface area contributed by atoms with Gasteiger partial charge in [0.1, 0.15) is 11.7 Å². The minimum atomic E-state index is -1.22. The van der Waals surface area contributed by atoms with Crippen LogP contribution in [0.2, 0.25) is 0 Å². The molecule has 1 saturated carbocycles. The summed E-state index contributed by atoms with van der Waals surface area (Å²) in [7, 11) is 0. The molecular weight excluding hydrogens is 299 g/mol. The predicted molar refractivity (Wildman–Crippen MR) is 81.1 cm³/mol. The van der Waals surface area contributed by atoms with Crippen molar-refractivity contribution < 1.29 is 13.7 Å². The highest BCUT2D eigenvalue weighted by Crippen LogP contribution is 2.41. The number of nitrogens with one attached hydrogen (secondary N) is 1. The van der Waals surface area contributed by atoms with Gasteiger partial charge >= 0.3 is 0 Å². The highest BCUT2D eigenvalue weighted by Gasteiger charge is 2.44. The minimum Gasteiger partial charge on any atom is -0.344 e. The van der Waals surface area contributed by atoms with Crippen LogP contribution in [0.1, 0.15) is 44.3 Å². The lowest BCUT2D eigenvalue weighted by Gasteiger charge is -2.37. The first-order valence-corrected chi connectivity index (χ1v) is 7.60. The molecule has 23 heavy (non-hydrogen) atoms. The Kier molecular flexibility index (Phi) is 3.87. The Balaban J connectivity index is 1.65. The van der Waals surface area contributed by atoms with Gasteiger partial charge in [-0.2, -0.15) is 4.98 Å². The Morgan fingerprint density at radius 1 is 1.52 bits per heavy atom. The molecule has 0 bridgehead atoms. The van der Waals surface area contributed by atoms with E-state index in [4.69, 9.17) is 4.52 Å². The first-order chi connectivity index (χ1) is 10.8. The molecule has 0 radical (unpaired) electrons. The molecular formula is C16H19FN4O2. The first kappa shape index (κ1) is 15.6. The molecule has 2 aromatic rings. The summed E-state index contributed by atoms with van der Waals surface area (Å²) in [5.74, 6) is 0.321. The lowest BCUT2D eigenvalue weighted by atomic mass is 9.73. The molecule has 0 aromatic carbocycles. The molecule has 0 spiro atoms. The summed E-state index contributed by atoms with van der Waals surface area (Å²) in [6, 6.07) is 3.23. The standard InChI is InChI=1S/C16H19FN4O2/c1-9-6-11(4-5-18-9)13-20-15(23-21-13)10(2)19-14(22)12-7-16(3,17)8-12/h4-6,10,12H,7-8H2,1-3H3,(H,19,22)/t10-,12?,16?/m0/s1.